The normalized spacial score (nSPS) is 15.7. The predicted octanol–water partition coefficient (Wildman–Crippen LogP) is 1.86. The van der Waals surface area contributed by atoms with E-state index in [2.05, 4.69) is 44.8 Å². The van der Waals surface area contributed by atoms with Crippen LogP contribution in [0.4, 0.5) is 5.82 Å². The molecule has 2 aromatic rings. The Labute approximate surface area is 141 Å². The zero-order valence-electron chi connectivity index (χ0n) is 14.1. The first-order valence-electron chi connectivity index (χ1n) is 8.29. The number of piperazine rings is 1. The van der Waals surface area contributed by atoms with Gasteiger partial charge in [0.05, 0.1) is 12.1 Å². The minimum Gasteiger partial charge on any atom is -0.353 e. The maximum atomic E-state index is 9.21. The second-order valence-corrected chi connectivity index (χ2v) is 6.45. The number of anilines is 1. The minimum absolute atomic E-state index is 0.520. The molecule has 0 bridgehead atoms. The molecular formula is C17H22N6O. The summed E-state index contributed by atoms with van der Waals surface area (Å²) in [6.07, 6.45) is 2.57. The number of hydrogen-bond donors (Lipinski definition) is 0. The van der Waals surface area contributed by atoms with Gasteiger partial charge in [-0.3, -0.25) is 4.90 Å². The molecule has 7 nitrogen and oxygen atoms in total. The third kappa shape index (κ3) is 3.89. The molecule has 0 radical (unpaired) electrons. The van der Waals surface area contributed by atoms with Crippen molar-refractivity contribution < 1.29 is 4.52 Å². The molecule has 0 N–H and O–H groups in total. The summed E-state index contributed by atoms with van der Waals surface area (Å²) < 4.78 is 5.34. The van der Waals surface area contributed by atoms with Gasteiger partial charge in [0.2, 0.25) is 5.89 Å². The van der Waals surface area contributed by atoms with Crippen LogP contribution in [0.2, 0.25) is 0 Å². The van der Waals surface area contributed by atoms with Crippen molar-refractivity contribution in [2.75, 3.05) is 31.1 Å². The van der Waals surface area contributed by atoms with Gasteiger partial charge in [0.25, 0.3) is 0 Å². The first kappa shape index (κ1) is 16.4. The van der Waals surface area contributed by atoms with Crippen LogP contribution in [-0.2, 0) is 13.0 Å². The Morgan fingerprint density at radius 2 is 2.08 bits per heavy atom. The number of aromatic nitrogens is 3. The summed E-state index contributed by atoms with van der Waals surface area (Å²) in [6.45, 7) is 8.38. The summed E-state index contributed by atoms with van der Waals surface area (Å²) in [6, 6.07) is 5.81. The highest BCUT2D eigenvalue weighted by Gasteiger charge is 2.21. The average molecular weight is 326 g/mol. The Morgan fingerprint density at radius 3 is 2.79 bits per heavy atom. The lowest BCUT2D eigenvalue weighted by Gasteiger charge is -2.34. The van der Waals surface area contributed by atoms with Gasteiger partial charge < -0.3 is 9.42 Å². The molecule has 0 unspecified atom stereocenters. The summed E-state index contributed by atoms with van der Waals surface area (Å²) >= 11 is 0. The molecule has 1 aliphatic rings. The molecule has 1 fully saturated rings. The van der Waals surface area contributed by atoms with Crippen molar-refractivity contribution in [2.45, 2.75) is 26.8 Å². The number of pyridine rings is 1. The third-order valence-corrected chi connectivity index (χ3v) is 4.04. The van der Waals surface area contributed by atoms with Crippen molar-refractivity contribution >= 4 is 5.82 Å². The highest BCUT2D eigenvalue weighted by molar-refractivity contribution is 5.53. The first-order chi connectivity index (χ1) is 11.7. The zero-order valence-corrected chi connectivity index (χ0v) is 14.1. The van der Waals surface area contributed by atoms with Crippen LogP contribution >= 0.6 is 0 Å². The van der Waals surface area contributed by atoms with Gasteiger partial charge in [0.1, 0.15) is 11.9 Å². The smallest absolute Gasteiger partial charge is 0.240 e. The topological polar surface area (TPSA) is 82.1 Å². The van der Waals surface area contributed by atoms with Gasteiger partial charge in [-0.25, -0.2) is 4.98 Å². The van der Waals surface area contributed by atoms with Gasteiger partial charge in [0.15, 0.2) is 5.82 Å². The molecule has 0 aliphatic carbocycles. The van der Waals surface area contributed by atoms with Crippen LogP contribution in [-0.4, -0.2) is 46.2 Å². The van der Waals surface area contributed by atoms with Crippen molar-refractivity contribution in [2.24, 2.45) is 5.92 Å². The molecule has 3 rings (SSSR count). The zero-order chi connectivity index (χ0) is 16.9. The monoisotopic (exact) mass is 326 g/mol. The average Bonchev–Trinajstić information content (AvgIpc) is 3.01. The van der Waals surface area contributed by atoms with E-state index in [4.69, 9.17) is 4.52 Å². The van der Waals surface area contributed by atoms with Gasteiger partial charge in [-0.1, -0.05) is 19.0 Å². The van der Waals surface area contributed by atoms with E-state index in [1.165, 1.54) is 0 Å². The lowest BCUT2D eigenvalue weighted by atomic mass is 10.1. The predicted molar refractivity (Wildman–Crippen MR) is 89.3 cm³/mol. The van der Waals surface area contributed by atoms with Gasteiger partial charge >= 0.3 is 0 Å². The van der Waals surface area contributed by atoms with Crippen LogP contribution in [0, 0.1) is 17.2 Å². The standard InChI is InChI=1S/C17H22N6O/c1-13(2)10-15-20-16(24-21-15)12-22-6-8-23(9-7-22)17-14(11-18)4-3-5-19-17/h3-5,13H,6-10,12H2,1-2H3. The molecule has 24 heavy (non-hydrogen) atoms. The van der Waals surface area contributed by atoms with Crippen molar-refractivity contribution in [3.63, 3.8) is 0 Å². The summed E-state index contributed by atoms with van der Waals surface area (Å²) in [5, 5.41) is 13.2. The van der Waals surface area contributed by atoms with Crippen molar-refractivity contribution in [1.29, 1.82) is 5.26 Å². The molecule has 0 atom stereocenters. The molecular weight excluding hydrogens is 304 g/mol. The summed E-state index contributed by atoms with van der Waals surface area (Å²) in [7, 11) is 0. The van der Waals surface area contributed by atoms with E-state index >= 15 is 0 Å². The van der Waals surface area contributed by atoms with E-state index in [0.29, 0.717) is 23.9 Å². The third-order valence-electron chi connectivity index (χ3n) is 4.04. The highest BCUT2D eigenvalue weighted by atomic mass is 16.5. The second-order valence-electron chi connectivity index (χ2n) is 6.45. The van der Waals surface area contributed by atoms with Crippen molar-refractivity contribution in [3.05, 3.63) is 35.6 Å². The molecule has 0 amide bonds. The molecule has 1 saturated heterocycles. The van der Waals surface area contributed by atoms with Gasteiger partial charge in [-0.2, -0.15) is 10.2 Å². The fourth-order valence-corrected chi connectivity index (χ4v) is 2.85. The fraction of sp³-hybridized carbons (Fsp3) is 0.529. The van der Waals surface area contributed by atoms with Crippen LogP contribution in [0.3, 0.4) is 0 Å². The van der Waals surface area contributed by atoms with E-state index in [9.17, 15) is 5.26 Å². The Kier molecular flexibility index (Phi) is 5.06. The van der Waals surface area contributed by atoms with E-state index in [-0.39, 0.29) is 0 Å². The van der Waals surface area contributed by atoms with Gasteiger partial charge in [-0.05, 0) is 18.1 Å². The number of nitriles is 1. The molecule has 0 saturated carbocycles. The quantitative estimate of drug-likeness (QED) is 0.829. The van der Waals surface area contributed by atoms with Gasteiger partial charge in [-0.15, -0.1) is 0 Å². The lowest BCUT2D eigenvalue weighted by molar-refractivity contribution is 0.215. The van der Waals surface area contributed by atoms with E-state index in [0.717, 1.165) is 44.2 Å². The van der Waals surface area contributed by atoms with Crippen LogP contribution in [0.5, 0.6) is 0 Å². The second kappa shape index (κ2) is 7.41. The molecule has 1 aliphatic heterocycles. The largest absolute Gasteiger partial charge is 0.353 e. The SMILES string of the molecule is CC(C)Cc1noc(CN2CCN(c3ncccc3C#N)CC2)n1. The molecule has 7 heteroatoms. The van der Waals surface area contributed by atoms with E-state index in [1.807, 2.05) is 6.07 Å². The Bertz CT molecular complexity index is 712. The molecule has 0 spiro atoms. The van der Waals surface area contributed by atoms with E-state index < -0.39 is 0 Å². The van der Waals surface area contributed by atoms with E-state index in [1.54, 1.807) is 12.3 Å². The Balaban J connectivity index is 1.55. The maximum absolute atomic E-state index is 9.21. The fourth-order valence-electron chi connectivity index (χ4n) is 2.85. The summed E-state index contributed by atoms with van der Waals surface area (Å²) in [4.78, 5) is 13.3. The van der Waals surface area contributed by atoms with Crippen LogP contribution in [0.25, 0.3) is 0 Å². The van der Waals surface area contributed by atoms with Crippen LogP contribution in [0.15, 0.2) is 22.9 Å². The van der Waals surface area contributed by atoms with Crippen LogP contribution < -0.4 is 4.90 Å². The van der Waals surface area contributed by atoms with Crippen molar-refractivity contribution in [3.8, 4) is 6.07 Å². The maximum Gasteiger partial charge on any atom is 0.240 e. The summed E-state index contributed by atoms with van der Waals surface area (Å²) in [5.74, 6) is 2.75. The lowest BCUT2D eigenvalue weighted by Crippen LogP contribution is -2.46. The molecule has 126 valence electrons. The Morgan fingerprint density at radius 1 is 1.29 bits per heavy atom. The van der Waals surface area contributed by atoms with Gasteiger partial charge in [0, 0.05) is 38.8 Å². The first-order valence-corrected chi connectivity index (χ1v) is 8.29. The van der Waals surface area contributed by atoms with Crippen molar-refractivity contribution in [1.82, 2.24) is 20.0 Å². The summed E-state index contributed by atoms with van der Waals surface area (Å²) in [5.41, 5.74) is 0.626. The number of hydrogen-bond acceptors (Lipinski definition) is 7. The minimum atomic E-state index is 0.520. The number of nitrogens with zero attached hydrogens (tertiary/aromatic N) is 6. The number of rotatable bonds is 5. The molecule has 3 heterocycles. The molecule has 0 aromatic carbocycles. The Hall–Kier alpha value is -2.46. The van der Waals surface area contributed by atoms with Crippen LogP contribution in [0.1, 0.15) is 31.1 Å². The highest BCUT2D eigenvalue weighted by Crippen LogP contribution is 2.18. The molecule has 2 aromatic heterocycles.